The summed E-state index contributed by atoms with van der Waals surface area (Å²) < 4.78 is 0.846. The van der Waals surface area contributed by atoms with Crippen LogP contribution < -0.4 is 5.32 Å². The first-order valence-electron chi connectivity index (χ1n) is 5.40. The molecule has 0 atom stereocenters. The Morgan fingerprint density at radius 2 is 2.19 bits per heavy atom. The average molecular weight is 304 g/mol. The highest BCUT2D eigenvalue weighted by molar-refractivity contribution is 9.10. The van der Waals surface area contributed by atoms with E-state index in [1.165, 1.54) is 5.75 Å². The SMILES string of the molecule is CSCCCNc1cc(Br)nc(C(C)C)n1. The topological polar surface area (TPSA) is 37.8 Å². The molecular weight excluding hydrogens is 286 g/mol. The number of nitrogens with zero attached hydrogens (tertiary/aromatic N) is 2. The maximum absolute atomic E-state index is 4.47. The minimum Gasteiger partial charge on any atom is -0.370 e. The fourth-order valence-electron chi connectivity index (χ4n) is 1.22. The molecule has 1 aromatic rings. The van der Waals surface area contributed by atoms with Crippen molar-refractivity contribution in [3.05, 3.63) is 16.5 Å². The lowest BCUT2D eigenvalue weighted by molar-refractivity contribution is 0.769. The Morgan fingerprint density at radius 3 is 2.81 bits per heavy atom. The molecule has 0 amide bonds. The van der Waals surface area contributed by atoms with Gasteiger partial charge in [0.25, 0.3) is 0 Å². The number of hydrogen-bond donors (Lipinski definition) is 1. The summed E-state index contributed by atoms with van der Waals surface area (Å²) >= 11 is 5.27. The summed E-state index contributed by atoms with van der Waals surface area (Å²) in [6.45, 7) is 5.15. The minimum atomic E-state index is 0.351. The minimum absolute atomic E-state index is 0.351. The molecule has 0 aliphatic carbocycles. The van der Waals surface area contributed by atoms with Gasteiger partial charge in [-0.05, 0) is 34.4 Å². The van der Waals surface area contributed by atoms with Gasteiger partial charge < -0.3 is 5.32 Å². The zero-order valence-electron chi connectivity index (χ0n) is 9.96. The first kappa shape index (κ1) is 13.8. The van der Waals surface area contributed by atoms with E-state index in [0.717, 1.165) is 29.2 Å². The third-order valence-electron chi connectivity index (χ3n) is 2.06. The van der Waals surface area contributed by atoms with Crippen LogP contribution >= 0.6 is 27.7 Å². The van der Waals surface area contributed by atoms with Crippen LogP contribution in [0.15, 0.2) is 10.7 Å². The number of thioether (sulfide) groups is 1. The third-order valence-corrected chi connectivity index (χ3v) is 3.16. The van der Waals surface area contributed by atoms with Gasteiger partial charge in [0.05, 0.1) is 0 Å². The maximum Gasteiger partial charge on any atom is 0.134 e. The molecule has 1 N–H and O–H groups in total. The number of rotatable bonds is 6. The Morgan fingerprint density at radius 1 is 1.44 bits per heavy atom. The molecule has 0 aromatic carbocycles. The highest BCUT2D eigenvalue weighted by atomic mass is 79.9. The quantitative estimate of drug-likeness (QED) is 0.644. The van der Waals surface area contributed by atoms with Gasteiger partial charge in [-0.15, -0.1) is 0 Å². The molecule has 1 aromatic heterocycles. The van der Waals surface area contributed by atoms with E-state index in [9.17, 15) is 0 Å². The summed E-state index contributed by atoms with van der Waals surface area (Å²) in [5.74, 6) is 3.31. The Balaban J connectivity index is 2.58. The summed E-state index contributed by atoms with van der Waals surface area (Å²) in [5.41, 5.74) is 0. The molecule has 0 aliphatic rings. The van der Waals surface area contributed by atoms with E-state index in [4.69, 9.17) is 0 Å². The Labute approximate surface area is 110 Å². The predicted molar refractivity (Wildman–Crippen MR) is 75.3 cm³/mol. The number of anilines is 1. The van der Waals surface area contributed by atoms with Crippen molar-refractivity contribution in [2.75, 3.05) is 23.9 Å². The zero-order chi connectivity index (χ0) is 12.0. The van der Waals surface area contributed by atoms with Crippen LogP contribution in [-0.2, 0) is 0 Å². The average Bonchev–Trinajstić information content (AvgIpc) is 2.23. The van der Waals surface area contributed by atoms with Crippen molar-refractivity contribution >= 4 is 33.5 Å². The van der Waals surface area contributed by atoms with E-state index >= 15 is 0 Å². The van der Waals surface area contributed by atoms with Crippen LogP contribution in [0.25, 0.3) is 0 Å². The Bertz CT molecular complexity index is 331. The van der Waals surface area contributed by atoms with Crippen molar-refractivity contribution in [2.24, 2.45) is 0 Å². The van der Waals surface area contributed by atoms with Crippen molar-refractivity contribution in [1.82, 2.24) is 9.97 Å². The van der Waals surface area contributed by atoms with Gasteiger partial charge in [0, 0.05) is 18.5 Å². The lowest BCUT2D eigenvalue weighted by Crippen LogP contribution is -2.07. The van der Waals surface area contributed by atoms with Gasteiger partial charge in [-0.1, -0.05) is 13.8 Å². The molecule has 0 radical (unpaired) electrons. The Kier molecular flexibility index (Phi) is 6.13. The molecule has 0 fully saturated rings. The molecule has 16 heavy (non-hydrogen) atoms. The van der Waals surface area contributed by atoms with Crippen LogP contribution in [0.2, 0.25) is 0 Å². The fourth-order valence-corrected chi connectivity index (χ4v) is 2.05. The smallest absolute Gasteiger partial charge is 0.134 e. The second-order valence-electron chi connectivity index (χ2n) is 3.86. The molecule has 3 nitrogen and oxygen atoms in total. The van der Waals surface area contributed by atoms with Crippen molar-refractivity contribution in [3.8, 4) is 0 Å². The number of aromatic nitrogens is 2. The predicted octanol–water partition coefficient (Wildman–Crippen LogP) is 3.53. The molecule has 1 rings (SSSR count). The largest absolute Gasteiger partial charge is 0.370 e. The first-order valence-corrected chi connectivity index (χ1v) is 7.59. The van der Waals surface area contributed by atoms with Gasteiger partial charge in [-0.2, -0.15) is 11.8 Å². The molecule has 0 saturated heterocycles. The van der Waals surface area contributed by atoms with Crippen LogP contribution in [-0.4, -0.2) is 28.5 Å². The maximum atomic E-state index is 4.47. The molecule has 0 saturated carbocycles. The molecule has 90 valence electrons. The highest BCUT2D eigenvalue weighted by Crippen LogP contribution is 2.17. The summed E-state index contributed by atoms with van der Waals surface area (Å²) in [6, 6.07) is 1.92. The number of nitrogens with one attached hydrogen (secondary N) is 1. The van der Waals surface area contributed by atoms with E-state index < -0.39 is 0 Å². The highest BCUT2D eigenvalue weighted by Gasteiger charge is 2.06. The van der Waals surface area contributed by atoms with Gasteiger partial charge >= 0.3 is 0 Å². The summed E-state index contributed by atoms with van der Waals surface area (Å²) in [6.07, 6.45) is 3.28. The molecule has 0 unspecified atom stereocenters. The van der Waals surface area contributed by atoms with Gasteiger partial charge in [0.1, 0.15) is 16.2 Å². The van der Waals surface area contributed by atoms with Crippen LogP contribution in [0, 0.1) is 0 Å². The molecule has 0 aliphatic heterocycles. The van der Waals surface area contributed by atoms with Crippen molar-refractivity contribution < 1.29 is 0 Å². The number of halogens is 1. The van der Waals surface area contributed by atoms with Gasteiger partial charge in [-0.3, -0.25) is 0 Å². The molecule has 0 bridgehead atoms. The van der Waals surface area contributed by atoms with E-state index in [1.807, 2.05) is 17.8 Å². The van der Waals surface area contributed by atoms with E-state index in [1.54, 1.807) is 0 Å². The fraction of sp³-hybridized carbons (Fsp3) is 0.636. The van der Waals surface area contributed by atoms with Crippen molar-refractivity contribution in [2.45, 2.75) is 26.2 Å². The Hall–Kier alpha value is -0.290. The monoisotopic (exact) mass is 303 g/mol. The van der Waals surface area contributed by atoms with E-state index in [0.29, 0.717) is 5.92 Å². The summed E-state index contributed by atoms with van der Waals surface area (Å²) in [5, 5.41) is 3.32. The van der Waals surface area contributed by atoms with Crippen LogP contribution in [0.5, 0.6) is 0 Å². The summed E-state index contributed by atoms with van der Waals surface area (Å²) in [7, 11) is 0. The van der Waals surface area contributed by atoms with Gasteiger partial charge in [-0.25, -0.2) is 9.97 Å². The standard InChI is InChI=1S/C11H18BrN3S/c1-8(2)11-14-9(12)7-10(15-11)13-5-4-6-16-3/h7-8H,4-6H2,1-3H3,(H,13,14,15). The van der Waals surface area contributed by atoms with Crippen LogP contribution in [0.4, 0.5) is 5.82 Å². The second kappa shape index (κ2) is 7.12. The molecule has 5 heteroatoms. The second-order valence-corrected chi connectivity index (χ2v) is 5.66. The van der Waals surface area contributed by atoms with Crippen LogP contribution in [0.1, 0.15) is 32.0 Å². The molecular formula is C11H18BrN3S. The van der Waals surface area contributed by atoms with E-state index in [2.05, 4.69) is 51.3 Å². The lowest BCUT2D eigenvalue weighted by atomic mass is 10.2. The van der Waals surface area contributed by atoms with Gasteiger partial charge in [0.15, 0.2) is 0 Å². The van der Waals surface area contributed by atoms with Crippen molar-refractivity contribution in [1.29, 1.82) is 0 Å². The van der Waals surface area contributed by atoms with E-state index in [-0.39, 0.29) is 0 Å². The molecule has 1 heterocycles. The third kappa shape index (κ3) is 4.70. The first-order chi connectivity index (χ1) is 7.63. The normalized spacial score (nSPS) is 10.8. The number of hydrogen-bond acceptors (Lipinski definition) is 4. The van der Waals surface area contributed by atoms with Crippen molar-refractivity contribution in [3.63, 3.8) is 0 Å². The zero-order valence-corrected chi connectivity index (χ0v) is 12.4. The lowest BCUT2D eigenvalue weighted by Gasteiger charge is -2.09. The molecule has 0 spiro atoms. The van der Waals surface area contributed by atoms with Gasteiger partial charge in [0.2, 0.25) is 0 Å². The summed E-state index contributed by atoms with van der Waals surface area (Å²) in [4.78, 5) is 8.81. The van der Waals surface area contributed by atoms with Crippen LogP contribution in [0.3, 0.4) is 0 Å².